The van der Waals surface area contributed by atoms with Gasteiger partial charge < -0.3 is 19.7 Å². The summed E-state index contributed by atoms with van der Waals surface area (Å²) in [6, 6.07) is 14.4. The molecule has 1 saturated heterocycles. The average molecular weight is 463 g/mol. The molecule has 8 heteroatoms. The Morgan fingerprint density at radius 1 is 1.06 bits per heavy atom. The number of likely N-dealkylation sites (N-methyl/N-ethyl adjacent to an activating group) is 1. The fourth-order valence-electron chi connectivity index (χ4n) is 4.12. The standard InChI is InChI=1S/C26H30N4O4/c1-5-27-14-15-34-23-16-19(10-11-22(23)33-4)30-24(31)26(2,3)29(25(30)32)17-18-12-13-28-21-9-7-6-8-20(18)21/h6-13,16,27H,5,14-15,17H2,1-4H3. The number of nitrogens with one attached hydrogen (secondary N) is 1. The quantitative estimate of drug-likeness (QED) is 0.383. The molecule has 178 valence electrons. The van der Waals surface area contributed by atoms with Gasteiger partial charge in [-0.2, -0.15) is 0 Å². The minimum absolute atomic E-state index is 0.291. The molecule has 0 spiro atoms. The van der Waals surface area contributed by atoms with Crippen LogP contribution in [0, 0.1) is 0 Å². The van der Waals surface area contributed by atoms with Crippen molar-refractivity contribution >= 4 is 28.5 Å². The van der Waals surface area contributed by atoms with E-state index in [9.17, 15) is 9.59 Å². The second kappa shape index (κ2) is 9.69. The lowest BCUT2D eigenvalue weighted by molar-refractivity contribution is -0.123. The van der Waals surface area contributed by atoms with Crippen LogP contribution >= 0.6 is 0 Å². The number of urea groups is 1. The number of carbonyl (C=O) groups excluding carboxylic acids is 2. The van der Waals surface area contributed by atoms with E-state index in [2.05, 4.69) is 10.3 Å². The number of hydrogen-bond acceptors (Lipinski definition) is 6. The Labute approximate surface area is 199 Å². The van der Waals surface area contributed by atoms with Gasteiger partial charge in [0.2, 0.25) is 0 Å². The zero-order chi connectivity index (χ0) is 24.3. The molecule has 1 fully saturated rings. The van der Waals surface area contributed by atoms with E-state index in [1.165, 1.54) is 4.90 Å². The van der Waals surface area contributed by atoms with Gasteiger partial charge in [-0.1, -0.05) is 25.1 Å². The van der Waals surface area contributed by atoms with Gasteiger partial charge in [0.05, 0.1) is 18.3 Å². The van der Waals surface area contributed by atoms with Crippen LogP contribution in [-0.2, 0) is 11.3 Å². The van der Waals surface area contributed by atoms with E-state index in [1.807, 2.05) is 37.3 Å². The molecule has 0 bridgehead atoms. The Morgan fingerprint density at radius 3 is 2.62 bits per heavy atom. The van der Waals surface area contributed by atoms with Crippen LogP contribution in [-0.4, -0.2) is 54.2 Å². The number of carbonyl (C=O) groups is 2. The molecule has 1 aliphatic heterocycles. The molecule has 1 N–H and O–H groups in total. The Balaban J connectivity index is 1.64. The molecule has 8 nitrogen and oxygen atoms in total. The summed E-state index contributed by atoms with van der Waals surface area (Å²) < 4.78 is 11.3. The Hall–Kier alpha value is -3.65. The van der Waals surface area contributed by atoms with Crippen molar-refractivity contribution in [3.05, 3.63) is 60.3 Å². The number of hydrogen-bond donors (Lipinski definition) is 1. The summed E-state index contributed by atoms with van der Waals surface area (Å²) in [6.45, 7) is 7.80. The molecule has 0 unspecified atom stereocenters. The molecule has 0 radical (unpaired) electrons. The highest BCUT2D eigenvalue weighted by Gasteiger charge is 2.52. The van der Waals surface area contributed by atoms with Crippen LogP contribution in [0.3, 0.4) is 0 Å². The predicted octanol–water partition coefficient (Wildman–Crippen LogP) is 3.98. The van der Waals surface area contributed by atoms with Gasteiger partial charge in [-0.25, -0.2) is 9.69 Å². The van der Waals surface area contributed by atoms with Crippen LogP contribution in [0.25, 0.3) is 10.9 Å². The number of rotatable bonds is 9. The zero-order valence-electron chi connectivity index (χ0n) is 20.0. The van der Waals surface area contributed by atoms with Gasteiger partial charge in [-0.3, -0.25) is 9.78 Å². The van der Waals surface area contributed by atoms with Crippen molar-refractivity contribution in [1.29, 1.82) is 0 Å². The second-order valence-corrected chi connectivity index (χ2v) is 8.59. The Kier molecular flexibility index (Phi) is 6.70. The molecular formula is C26H30N4O4. The van der Waals surface area contributed by atoms with Gasteiger partial charge in [-0.05, 0) is 50.2 Å². The first-order chi connectivity index (χ1) is 16.4. The summed E-state index contributed by atoms with van der Waals surface area (Å²) in [5.74, 6) is 0.730. The third-order valence-electron chi connectivity index (χ3n) is 6.08. The van der Waals surface area contributed by atoms with Crippen LogP contribution in [0.15, 0.2) is 54.7 Å². The molecular weight excluding hydrogens is 432 g/mol. The third kappa shape index (κ3) is 4.28. The summed E-state index contributed by atoms with van der Waals surface area (Å²) >= 11 is 0. The van der Waals surface area contributed by atoms with Crippen molar-refractivity contribution in [2.45, 2.75) is 32.9 Å². The molecule has 3 aromatic rings. The summed E-state index contributed by atoms with van der Waals surface area (Å²) in [4.78, 5) is 34.2. The molecule has 4 rings (SSSR count). The maximum atomic E-state index is 13.6. The van der Waals surface area contributed by atoms with E-state index in [0.29, 0.717) is 36.9 Å². The first-order valence-corrected chi connectivity index (χ1v) is 11.4. The number of methoxy groups -OCH3 is 1. The normalized spacial score (nSPS) is 15.3. The maximum Gasteiger partial charge on any atom is 0.332 e. The SMILES string of the molecule is CCNCCOc1cc(N2C(=O)N(Cc3ccnc4ccccc34)C(C)(C)C2=O)ccc1OC. The Bertz CT molecular complexity index is 1210. The summed E-state index contributed by atoms with van der Waals surface area (Å²) in [6.07, 6.45) is 1.73. The van der Waals surface area contributed by atoms with Gasteiger partial charge in [0.15, 0.2) is 11.5 Å². The number of nitrogens with zero attached hydrogens (tertiary/aromatic N) is 3. The highest BCUT2D eigenvalue weighted by molar-refractivity contribution is 6.23. The van der Waals surface area contributed by atoms with Crippen LogP contribution in [0.5, 0.6) is 11.5 Å². The second-order valence-electron chi connectivity index (χ2n) is 8.59. The minimum Gasteiger partial charge on any atom is -0.493 e. The molecule has 0 aliphatic carbocycles. The van der Waals surface area contributed by atoms with Crippen LogP contribution in [0.1, 0.15) is 26.3 Å². The molecule has 2 aromatic carbocycles. The molecule has 1 aromatic heterocycles. The molecule has 34 heavy (non-hydrogen) atoms. The van der Waals surface area contributed by atoms with Crippen molar-refractivity contribution in [2.75, 3.05) is 31.7 Å². The molecule has 0 atom stereocenters. The van der Waals surface area contributed by atoms with E-state index in [4.69, 9.17) is 9.47 Å². The fourth-order valence-corrected chi connectivity index (χ4v) is 4.12. The molecule has 0 saturated carbocycles. The maximum absolute atomic E-state index is 13.6. The lowest BCUT2D eigenvalue weighted by atomic mass is 10.0. The number of imide groups is 1. The van der Waals surface area contributed by atoms with E-state index >= 15 is 0 Å². The van der Waals surface area contributed by atoms with E-state index in [-0.39, 0.29) is 11.9 Å². The lowest BCUT2D eigenvalue weighted by Crippen LogP contribution is -2.43. The van der Waals surface area contributed by atoms with Gasteiger partial charge in [-0.15, -0.1) is 0 Å². The van der Waals surface area contributed by atoms with E-state index in [1.54, 1.807) is 50.3 Å². The number of anilines is 1. The van der Waals surface area contributed by atoms with Crippen molar-refractivity contribution in [1.82, 2.24) is 15.2 Å². The van der Waals surface area contributed by atoms with Crippen LogP contribution in [0.4, 0.5) is 10.5 Å². The number of amides is 3. The van der Waals surface area contributed by atoms with E-state index in [0.717, 1.165) is 23.0 Å². The smallest absolute Gasteiger partial charge is 0.332 e. The van der Waals surface area contributed by atoms with Crippen molar-refractivity contribution in [3.8, 4) is 11.5 Å². The number of pyridine rings is 1. The number of aromatic nitrogens is 1. The molecule has 2 heterocycles. The van der Waals surface area contributed by atoms with Crippen LogP contribution < -0.4 is 19.7 Å². The number of benzene rings is 2. The first-order valence-electron chi connectivity index (χ1n) is 11.4. The van der Waals surface area contributed by atoms with Crippen molar-refractivity contribution in [3.63, 3.8) is 0 Å². The first kappa shape index (κ1) is 23.5. The minimum atomic E-state index is -1.02. The molecule has 1 aliphatic rings. The van der Waals surface area contributed by atoms with Gasteiger partial charge >= 0.3 is 6.03 Å². The summed E-state index contributed by atoms with van der Waals surface area (Å²) in [5.41, 5.74) is 1.21. The highest BCUT2D eigenvalue weighted by atomic mass is 16.5. The topological polar surface area (TPSA) is 84.0 Å². The Morgan fingerprint density at radius 2 is 1.85 bits per heavy atom. The third-order valence-corrected chi connectivity index (χ3v) is 6.08. The van der Waals surface area contributed by atoms with Gasteiger partial charge in [0.25, 0.3) is 5.91 Å². The van der Waals surface area contributed by atoms with Crippen molar-refractivity contribution in [2.24, 2.45) is 0 Å². The monoisotopic (exact) mass is 462 g/mol. The van der Waals surface area contributed by atoms with Gasteiger partial charge in [0, 0.05) is 30.7 Å². The van der Waals surface area contributed by atoms with Gasteiger partial charge in [0.1, 0.15) is 12.1 Å². The largest absolute Gasteiger partial charge is 0.493 e. The summed E-state index contributed by atoms with van der Waals surface area (Å²) in [7, 11) is 1.56. The highest BCUT2D eigenvalue weighted by Crippen LogP contribution is 2.38. The number of para-hydroxylation sites is 1. The predicted molar refractivity (Wildman–Crippen MR) is 131 cm³/mol. The number of ether oxygens (including phenoxy) is 2. The zero-order valence-corrected chi connectivity index (χ0v) is 20.0. The van der Waals surface area contributed by atoms with Crippen LogP contribution in [0.2, 0.25) is 0 Å². The summed E-state index contributed by atoms with van der Waals surface area (Å²) in [5, 5.41) is 4.16. The fraction of sp³-hybridized carbons (Fsp3) is 0.346. The van der Waals surface area contributed by atoms with E-state index < -0.39 is 5.54 Å². The number of fused-ring (bicyclic) bond motifs is 1. The average Bonchev–Trinajstić information content (AvgIpc) is 3.01. The molecule has 3 amide bonds. The van der Waals surface area contributed by atoms with Crippen molar-refractivity contribution < 1.29 is 19.1 Å². The lowest BCUT2D eigenvalue weighted by Gasteiger charge is -2.28.